The molecule has 0 spiro atoms. The van der Waals surface area contributed by atoms with Gasteiger partial charge in [-0.15, -0.1) is 0 Å². The number of aromatic nitrogens is 2. The van der Waals surface area contributed by atoms with Crippen molar-refractivity contribution in [3.05, 3.63) is 77.1 Å². The number of thioether (sulfide) groups is 1. The number of alkyl halides is 6. The first-order valence-corrected chi connectivity index (χ1v) is 10.7. The van der Waals surface area contributed by atoms with Crippen molar-refractivity contribution in [2.75, 3.05) is 13.3 Å². The van der Waals surface area contributed by atoms with Gasteiger partial charge >= 0.3 is 18.3 Å². The second kappa shape index (κ2) is 11.3. The molecular formula is C22H19F6N3O2S. The quantitative estimate of drug-likeness (QED) is 0.253. The zero-order valence-electron chi connectivity index (χ0n) is 17.8. The van der Waals surface area contributed by atoms with Gasteiger partial charge in [0.15, 0.2) is 10.9 Å². The van der Waals surface area contributed by atoms with Crippen molar-refractivity contribution in [2.24, 2.45) is 0 Å². The molecule has 0 unspecified atom stereocenters. The number of rotatable bonds is 5. The Labute approximate surface area is 195 Å². The molecule has 0 aliphatic rings. The zero-order valence-corrected chi connectivity index (χ0v) is 18.6. The molecule has 1 heterocycles. The fourth-order valence-corrected chi connectivity index (χ4v) is 3.12. The maximum Gasteiger partial charge on any atom is 0.416 e. The lowest BCUT2D eigenvalue weighted by molar-refractivity contribution is -0.143. The normalized spacial score (nSPS) is 11.5. The van der Waals surface area contributed by atoms with E-state index in [1.54, 1.807) is 6.20 Å². The Bertz CT molecular complexity index is 1090. The van der Waals surface area contributed by atoms with Crippen LogP contribution in [-0.2, 0) is 18.9 Å². The highest BCUT2D eigenvalue weighted by Crippen LogP contribution is 2.36. The summed E-state index contributed by atoms with van der Waals surface area (Å²) in [6.07, 6.45) is -6.21. The van der Waals surface area contributed by atoms with E-state index >= 15 is 0 Å². The minimum atomic E-state index is -4.79. The van der Waals surface area contributed by atoms with Gasteiger partial charge in [0.1, 0.15) is 0 Å². The Morgan fingerprint density at radius 2 is 1.56 bits per heavy atom. The van der Waals surface area contributed by atoms with Crippen molar-refractivity contribution in [3.8, 4) is 11.1 Å². The maximum absolute atomic E-state index is 12.4. The van der Waals surface area contributed by atoms with E-state index in [0.717, 1.165) is 5.56 Å². The number of carboxylic acids is 1. The molecule has 0 fully saturated rings. The molecule has 0 saturated carbocycles. The monoisotopic (exact) mass is 503 g/mol. The number of aromatic carboxylic acids is 1. The standard InChI is InChI=1S/C12H10N2O2S.C10H9F6N/c1-17-12-13-7-9(10(14-12)11(15)16)8-5-3-2-4-6-8;1-17-5-6-2-7(9(11,12)13)4-8(3-6)10(14,15)16/h2-7H,1H3,(H,15,16);2-4,17H,5H2,1H3. The summed E-state index contributed by atoms with van der Waals surface area (Å²) >= 11 is 1.32. The zero-order chi connectivity index (χ0) is 25.5. The fourth-order valence-electron chi connectivity index (χ4n) is 2.78. The molecule has 34 heavy (non-hydrogen) atoms. The van der Waals surface area contributed by atoms with Crippen molar-refractivity contribution in [2.45, 2.75) is 24.1 Å². The molecule has 0 radical (unpaired) electrons. The summed E-state index contributed by atoms with van der Waals surface area (Å²) in [5, 5.41) is 12.1. The first kappa shape index (κ1) is 27.1. The molecule has 12 heteroatoms. The van der Waals surface area contributed by atoms with Crippen LogP contribution in [0.3, 0.4) is 0 Å². The van der Waals surface area contributed by atoms with E-state index in [0.29, 0.717) is 22.9 Å². The third-order valence-electron chi connectivity index (χ3n) is 4.26. The average Bonchev–Trinajstić information content (AvgIpc) is 2.78. The molecule has 0 atom stereocenters. The van der Waals surface area contributed by atoms with E-state index in [4.69, 9.17) is 5.11 Å². The molecule has 1 aromatic heterocycles. The first-order valence-electron chi connectivity index (χ1n) is 9.49. The molecular weight excluding hydrogens is 484 g/mol. The number of halogens is 6. The topological polar surface area (TPSA) is 75.1 Å². The predicted molar refractivity (Wildman–Crippen MR) is 115 cm³/mol. The third kappa shape index (κ3) is 7.45. The number of hydrogen-bond donors (Lipinski definition) is 2. The molecule has 0 aliphatic carbocycles. The van der Waals surface area contributed by atoms with Crippen LogP contribution in [0.4, 0.5) is 26.3 Å². The number of carbonyl (C=O) groups is 1. The minimum Gasteiger partial charge on any atom is -0.476 e. The average molecular weight is 503 g/mol. The van der Waals surface area contributed by atoms with Crippen LogP contribution in [0.25, 0.3) is 11.1 Å². The number of hydrogen-bond acceptors (Lipinski definition) is 5. The molecule has 0 bridgehead atoms. The molecule has 0 saturated heterocycles. The van der Waals surface area contributed by atoms with Gasteiger partial charge in [-0.1, -0.05) is 42.1 Å². The molecule has 3 rings (SSSR count). The summed E-state index contributed by atoms with van der Waals surface area (Å²) in [7, 11) is 1.44. The Morgan fingerprint density at radius 1 is 1.00 bits per heavy atom. The van der Waals surface area contributed by atoms with Crippen molar-refractivity contribution in [1.82, 2.24) is 15.3 Å². The number of carboxylic acid groups (broad SMARTS) is 1. The highest BCUT2D eigenvalue weighted by Gasteiger charge is 2.36. The minimum absolute atomic E-state index is 0.0375. The van der Waals surface area contributed by atoms with Crippen molar-refractivity contribution < 1.29 is 36.2 Å². The fraction of sp³-hybridized carbons (Fsp3) is 0.227. The van der Waals surface area contributed by atoms with Gasteiger partial charge in [-0.2, -0.15) is 26.3 Å². The first-order chi connectivity index (χ1) is 15.9. The lowest BCUT2D eigenvalue weighted by Crippen LogP contribution is -2.14. The van der Waals surface area contributed by atoms with Crippen molar-refractivity contribution >= 4 is 17.7 Å². The Morgan fingerprint density at radius 3 is 2.00 bits per heavy atom. The van der Waals surface area contributed by atoms with Crippen LogP contribution >= 0.6 is 11.8 Å². The summed E-state index contributed by atoms with van der Waals surface area (Å²) in [4.78, 5) is 19.3. The molecule has 2 N–H and O–H groups in total. The molecule has 5 nitrogen and oxygen atoms in total. The molecule has 0 amide bonds. The molecule has 3 aromatic rings. The van der Waals surface area contributed by atoms with Gasteiger partial charge in [-0.05, 0) is 42.6 Å². The van der Waals surface area contributed by atoms with E-state index in [-0.39, 0.29) is 23.9 Å². The molecule has 182 valence electrons. The predicted octanol–water partition coefficient (Wildman–Crippen LogP) is 6.01. The number of nitrogens with zero attached hydrogens (tertiary/aromatic N) is 2. The smallest absolute Gasteiger partial charge is 0.416 e. The van der Waals surface area contributed by atoms with Crippen LogP contribution in [0, 0.1) is 0 Å². The van der Waals surface area contributed by atoms with Gasteiger partial charge in [-0.3, -0.25) is 0 Å². The highest BCUT2D eigenvalue weighted by atomic mass is 32.2. The molecule has 2 aromatic carbocycles. The van der Waals surface area contributed by atoms with Gasteiger partial charge in [0.05, 0.1) is 11.1 Å². The van der Waals surface area contributed by atoms with Crippen LogP contribution in [0.1, 0.15) is 27.2 Å². The van der Waals surface area contributed by atoms with Crippen molar-refractivity contribution in [1.29, 1.82) is 0 Å². The Hall–Kier alpha value is -3.12. The number of benzene rings is 2. The van der Waals surface area contributed by atoms with Gasteiger partial charge in [0.25, 0.3) is 0 Å². The van der Waals surface area contributed by atoms with Crippen LogP contribution in [-0.4, -0.2) is 34.3 Å². The van der Waals surface area contributed by atoms with Crippen LogP contribution < -0.4 is 5.32 Å². The third-order valence-corrected chi connectivity index (χ3v) is 4.83. The summed E-state index contributed by atoms with van der Waals surface area (Å²) in [5.74, 6) is -1.04. The maximum atomic E-state index is 12.4. The summed E-state index contributed by atoms with van der Waals surface area (Å²) < 4.78 is 74.3. The lowest BCUT2D eigenvalue weighted by Gasteiger charge is -2.13. The summed E-state index contributed by atoms with van der Waals surface area (Å²) in [5.41, 5.74) is -1.27. The van der Waals surface area contributed by atoms with Crippen LogP contribution in [0.15, 0.2) is 59.9 Å². The lowest BCUT2D eigenvalue weighted by atomic mass is 10.0. The van der Waals surface area contributed by atoms with E-state index in [1.807, 2.05) is 36.6 Å². The Balaban J connectivity index is 0.000000240. The van der Waals surface area contributed by atoms with Gasteiger partial charge < -0.3 is 10.4 Å². The largest absolute Gasteiger partial charge is 0.476 e. The van der Waals surface area contributed by atoms with E-state index in [9.17, 15) is 31.1 Å². The number of nitrogens with one attached hydrogen (secondary N) is 1. The second-order valence-electron chi connectivity index (χ2n) is 6.73. The SMILES string of the molecule is CNCc1cc(C(F)(F)F)cc(C(F)(F)F)c1.CSc1ncc(-c2ccccc2)c(C(=O)O)n1. The van der Waals surface area contributed by atoms with E-state index in [1.165, 1.54) is 18.8 Å². The van der Waals surface area contributed by atoms with Gasteiger partial charge in [-0.25, -0.2) is 14.8 Å². The second-order valence-corrected chi connectivity index (χ2v) is 7.51. The van der Waals surface area contributed by atoms with Gasteiger partial charge in [0, 0.05) is 18.3 Å². The van der Waals surface area contributed by atoms with Crippen molar-refractivity contribution in [3.63, 3.8) is 0 Å². The summed E-state index contributed by atoms with van der Waals surface area (Å²) in [6.45, 7) is -0.0625. The Kier molecular flexibility index (Phi) is 9.05. The van der Waals surface area contributed by atoms with Gasteiger partial charge in [0.2, 0.25) is 0 Å². The van der Waals surface area contributed by atoms with E-state index < -0.39 is 29.4 Å². The van der Waals surface area contributed by atoms with Crippen LogP contribution in [0.2, 0.25) is 0 Å². The highest BCUT2D eigenvalue weighted by molar-refractivity contribution is 7.98. The summed E-state index contributed by atoms with van der Waals surface area (Å²) in [6, 6.07) is 10.8. The van der Waals surface area contributed by atoms with E-state index in [2.05, 4.69) is 15.3 Å². The molecule has 0 aliphatic heterocycles. The van der Waals surface area contributed by atoms with Crippen LogP contribution in [0.5, 0.6) is 0 Å².